The molecule has 1 N–H and O–H groups in total. The lowest BCUT2D eigenvalue weighted by molar-refractivity contribution is -0.115. The van der Waals surface area contributed by atoms with Gasteiger partial charge in [-0.05, 0) is 23.4 Å². The molecule has 1 saturated heterocycles. The zero-order valence-electron chi connectivity index (χ0n) is 7.45. The lowest BCUT2D eigenvalue weighted by Gasteiger charge is -1.92. The Kier molecular flexibility index (Phi) is 3.48. The predicted molar refractivity (Wildman–Crippen MR) is 57.7 cm³/mol. The predicted octanol–water partition coefficient (Wildman–Crippen LogP) is 2.15. The van der Waals surface area contributed by atoms with Crippen LogP contribution in [-0.2, 0) is 4.79 Å². The monoisotopic (exact) mass is 207 g/mol. The lowest BCUT2D eigenvalue weighted by atomic mass is 10.2. The highest BCUT2D eigenvalue weighted by Crippen LogP contribution is 2.24. The summed E-state index contributed by atoms with van der Waals surface area (Å²) >= 11 is 0.882. The molecule has 0 aromatic heterocycles. The summed E-state index contributed by atoms with van der Waals surface area (Å²) in [4.78, 5) is 22.3. The van der Waals surface area contributed by atoms with Gasteiger partial charge in [0.25, 0.3) is 11.1 Å². The Balaban J connectivity index is 2.92. The van der Waals surface area contributed by atoms with Crippen molar-refractivity contribution in [2.75, 3.05) is 0 Å². The van der Waals surface area contributed by atoms with Gasteiger partial charge in [0.15, 0.2) is 0 Å². The van der Waals surface area contributed by atoms with Gasteiger partial charge in [-0.2, -0.15) is 0 Å². The first-order valence-electron chi connectivity index (χ1n) is 3.87. The highest BCUT2D eigenvalue weighted by molar-refractivity contribution is 8.18. The van der Waals surface area contributed by atoms with Crippen LogP contribution in [0.2, 0.25) is 0 Å². The first kappa shape index (κ1) is 10.5. The topological polar surface area (TPSA) is 46.2 Å². The average Bonchev–Trinajstić information content (AvgIpc) is 2.44. The maximum Gasteiger partial charge on any atom is 0.290 e. The molecule has 1 heterocycles. The highest BCUT2D eigenvalue weighted by Gasteiger charge is 2.24. The summed E-state index contributed by atoms with van der Waals surface area (Å²) in [6.45, 7) is 7.11. The van der Waals surface area contributed by atoms with E-state index in [4.69, 9.17) is 0 Å². The third-order valence-corrected chi connectivity index (χ3v) is 2.30. The molecule has 3 nitrogen and oxygen atoms in total. The van der Waals surface area contributed by atoms with Crippen LogP contribution in [0.15, 0.2) is 47.9 Å². The fourth-order valence-corrected chi connectivity index (χ4v) is 1.57. The molecule has 1 rings (SSSR count). The Morgan fingerprint density at radius 2 is 2.07 bits per heavy atom. The number of allylic oxidation sites excluding steroid dienone is 5. The SMILES string of the molecule is C=C/C=C(C=C)/C=C1\SC(=O)NC1=O. The van der Waals surface area contributed by atoms with E-state index in [2.05, 4.69) is 18.5 Å². The van der Waals surface area contributed by atoms with E-state index in [1.807, 2.05) is 0 Å². The molecule has 0 bridgehead atoms. The second-order valence-electron chi connectivity index (χ2n) is 2.46. The third-order valence-electron chi connectivity index (χ3n) is 1.49. The van der Waals surface area contributed by atoms with E-state index in [0.717, 1.165) is 17.3 Å². The van der Waals surface area contributed by atoms with Crippen molar-refractivity contribution < 1.29 is 9.59 Å². The normalized spacial score (nSPS) is 19.7. The molecule has 0 atom stereocenters. The van der Waals surface area contributed by atoms with Crippen LogP contribution in [0.4, 0.5) is 4.79 Å². The second kappa shape index (κ2) is 4.62. The number of carbonyl (C=O) groups excluding carboxylic acids is 2. The van der Waals surface area contributed by atoms with E-state index >= 15 is 0 Å². The van der Waals surface area contributed by atoms with E-state index in [1.165, 1.54) is 0 Å². The Hall–Kier alpha value is -1.55. The van der Waals surface area contributed by atoms with Crippen molar-refractivity contribution >= 4 is 22.9 Å². The molecule has 0 aliphatic carbocycles. The second-order valence-corrected chi connectivity index (χ2v) is 3.47. The summed E-state index contributed by atoms with van der Waals surface area (Å²) in [5.41, 5.74) is 0.743. The summed E-state index contributed by atoms with van der Waals surface area (Å²) in [6.07, 6.45) is 6.48. The molecule has 0 spiro atoms. The number of hydrogen-bond acceptors (Lipinski definition) is 3. The van der Waals surface area contributed by atoms with Crippen molar-refractivity contribution in [3.63, 3.8) is 0 Å². The zero-order valence-corrected chi connectivity index (χ0v) is 8.26. The molecule has 72 valence electrons. The van der Waals surface area contributed by atoms with Crippen LogP contribution in [-0.4, -0.2) is 11.1 Å². The van der Waals surface area contributed by atoms with Crippen LogP contribution in [0.5, 0.6) is 0 Å². The fraction of sp³-hybridized carbons (Fsp3) is 0. The van der Waals surface area contributed by atoms with Gasteiger partial charge in [-0.1, -0.05) is 31.4 Å². The van der Waals surface area contributed by atoms with Crippen molar-refractivity contribution in [3.05, 3.63) is 47.9 Å². The minimum absolute atomic E-state index is 0.344. The first-order chi connectivity index (χ1) is 6.67. The molecule has 0 saturated carbocycles. The molecule has 0 radical (unpaired) electrons. The third kappa shape index (κ3) is 2.47. The van der Waals surface area contributed by atoms with E-state index in [0.29, 0.717) is 4.91 Å². The summed E-state index contributed by atoms with van der Waals surface area (Å²) in [5, 5.41) is 1.82. The molecule has 1 aliphatic rings. The van der Waals surface area contributed by atoms with Crippen LogP contribution in [0, 0.1) is 0 Å². The molecule has 0 aromatic rings. The van der Waals surface area contributed by atoms with E-state index in [9.17, 15) is 9.59 Å². The van der Waals surface area contributed by atoms with Crippen LogP contribution >= 0.6 is 11.8 Å². The minimum Gasteiger partial charge on any atom is -0.282 e. The van der Waals surface area contributed by atoms with Crippen molar-refractivity contribution in [3.8, 4) is 0 Å². The standard InChI is InChI=1S/C10H9NO2S/c1-3-5-7(4-2)6-8-9(12)11-10(13)14-8/h3-6H,1-2H2,(H,11,12,13)/b7-5+,8-6-. The summed E-state index contributed by atoms with van der Waals surface area (Å²) < 4.78 is 0. The van der Waals surface area contributed by atoms with Gasteiger partial charge in [0.2, 0.25) is 0 Å². The van der Waals surface area contributed by atoms with Gasteiger partial charge in [-0.15, -0.1) is 0 Å². The molecule has 0 unspecified atom stereocenters. The molecular formula is C10H9NO2S. The van der Waals surface area contributed by atoms with Crippen molar-refractivity contribution in [1.29, 1.82) is 0 Å². The van der Waals surface area contributed by atoms with Gasteiger partial charge in [0.1, 0.15) is 0 Å². The largest absolute Gasteiger partial charge is 0.290 e. The molecule has 0 aromatic carbocycles. The zero-order chi connectivity index (χ0) is 10.6. The van der Waals surface area contributed by atoms with Gasteiger partial charge in [-0.25, -0.2) is 0 Å². The van der Waals surface area contributed by atoms with Gasteiger partial charge in [-0.3, -0.25) is 14.9 Å². The number of rotatable bonds is 3. The Morgan fingerprint density at radius 3 is 2.50 bits per heavy atom. The van der Waals surface area contributed by atoms with Crippen LogP contribution in [0.3, 0.4) is 0 Å². The molecule has 14 heavy (non-hydrogen) atoms. The average molecular weight is 207 g/mol. The number of hydrogen-bond donors (Lipinski definition) is 1. The maximum atomic E-state index is 11.1. The summed E-state index contributed by atoms with van der Waals surface area (Å²) in [7, 11) is 0. The maximum absolute atomic E-state index is 11.1. The summed E-state index contributed by atoms with van der Waals surface area (Å²) in [6, 6.07) is 0. The number of carbonyl (C=O) groups is 2. The van der Waals surface area contributed by atoms with Crippen LogP contribution in [0.1, 0.15) is 0 Å². The van der Waals surface area contributed by atoms with Gasteiger partial charge in [0.05, 0.1) is 4.91 Å². The first-order valence-corrected chi connectivity index (χ1v) is 4.69. The van der Waals surface area contributed by atoms with E-state index in [1.54, 1.807) is 24.3 Å². The number of nitrogens with one attached hydrogen (secondary N) is 1. The van der Waals surface area contributed by atoms with Crippen molar-refractivity contribution in [2.45, 2.75) is 0 Å². The molecule has 4 heteroatoms. The number of imide groups is 1. The molecular weight excluding hydrogens is 198 g/mol. The summed E-state index contributed by atoms with van der Waals surface area (Å²) in [5.74, 6) is -0.364. The Bertz CT molecular complexity index is 366. The number of amides is 2. The van der Waals surface area contributed by atoms with Crippen LogP contribution in [0.25, 0.3) is 0 Å². The Labute approximate surface area is 86.3 Å². The highest BCUT2D eigenvalue weighted by atomic mass is 32.2. The number of thioether (sulfide) groups is 1. The van der Waals surface area contributed by atoms with Crippen molar-refractivity contribution in [1.82, 2.24) is 5.32 Å². The smallest absolute Gasteiger partial charge is 0.282 e. The molecule has 1 aliphatic heterocycles. The van der Waals surface area contributed by atoms with Gasteiger partial charge in [0, 0.05) is 0 Å². The fourth-order valence-electron chi connectivity index (χ4n) is 0.884. The van der Waals surface area contributed by atoms with Gasteiger partial charge < -0.3 is 0 Å². The quantitative estimate of drug-likeness (QED) is 0.569. The molecule has 1 fully saturated rings. The van der Waals surface area contributed by atoms with Gasteiger partial charge >= 0.3 is 0 Å². The Morgan fingerprint density at radius 1 is 1.36 bits per heavy atom. The minimum atomic E-state index is -0.364. The van der Waals surface area contributed by atoms with E-state index < -0.39 is 0 Å². The van der Waals surface area contributed by atoms with E-state index in [-0.39, 0.29) is 11.1 Å². The van der Waals surface area contributed by atoms with Crippen molar-refractivity contribution in [2.24, 2.45) is 0 Å². The van der Waals surface area contributed by atoms with Crippen LogP contribution < -0.4 is 5.32 Å². The molecule has 2 amide bonds. The lowest BCUT2D eigenvalue weighted by Crippen LogP contribution is -2.17.